The highest BCUT2D eigenvalue weighted by atomic mass is 16.1. The van der Waals surface area contributed by atoms with E-state index in [1.807, 2.05) is 60.7 Å². The second-order valence-electron chi connectivity index (χ2n) is 8.34. The molecule has 162 valence electrons. The van der Waals surface area contributed by atoms with Crippen LogP contribution in [0, 0.1) is 13.8 Å². The van der Waals surface area contributed by atoms with Crippen molar-refractivity contribution in [3.8, 4) is 0 Å². The molecular weight excluding hydrogens is 394 g/mol. The maximum Gasteiger partial charge on any atom is 0.253 e. The highest BCUT2D eigenvalue weighted by molar-refractivity contribution is 5.90. The van der Waals surface area contributed by atoms with Crippen LogP contribution in [0.2, 0.25) is 0 Å². The normalized spacial score (nSPS) is 11.4. The molecule has 4 rings (SSSR count). The number of hydrogen-bond donors (Lipinski definition) is 1. The second kappa shape index (κ2) is 9.23. The van der Waals surface area contributed by atoms with Crippen molar-refractivity contribution in [1.82, 2.24) is 4.57 Å². The van der Waals surface area contributed by atoms with Gasteiger partial charge in [0.1, 0.15) is 24.4 Å². The van der Waals surface area contributed by atoms with Crippen molar-refractivity contribution < 1.29 is 9.36 Å². The molecular formula is C28H30N3O+. The van der Waals surface area contributed by atoms with Crippen molar-refractivity contribution in [2.45, 2.75) is 38.8 Å². The fourth-order valence-electron chi connectivity index (χ4n) is 4.51. The minimum absolute atomic E-state index is 0.326. The number of carbonyl (C=O) groups excluding carboxylic acids is 1. The van der Waals surface area contributed by atoms with Gasteiger partial charge < -0.3 is 5.73 Å². The maximum atomic E-state index is 13.0. The molecule has 0 aliphatic rings. The third-order valence-corrected chi connectivity index (χ3v) is 6.54. The summed E-state index contributed by atoms with van der Waals surface area (Å²) >= 11 is 0. The van der Waals surface area contributed by atoms with E-state index in [1.165, 1.54) is 11.1 Å². The monoisotopic (exact) mass is 424 g/mol. The summed E-state index contributed by atoms with van der Waals surface area (Å²) in [6.07, 6.45) is 4.78. The number of carbonyl (C=O) groups is 1. The average Bonchev–Trinajstić information content (AvgIpc) is 3.16. The number of primary amides is 1. The number of hydrogen-bond acceptors (Lipinski definition) is 1. The molecule has 0 atom stereocenters. The molecule has 0 saturated heterocycles. The van der Waals surface area contributed by atoms with Crippen LogP contribution in [0.1, 0.15) is 34.5 Å². The van der Waals surface area contributed by atoms with Crippen LogP contribution in [0.3, 0.4) is 0 Å². The zero-order chi connectivity index (χ0) is 22.6. The second-order valence-corrected chi connectivity index (χ2v) is 8.34. The van der Waals surface area contributed by atoms with Crippen LogP contribution in [0.5, 0.6) is 0 Å². The van der Waals surface area contributed by atoms with Crippen LogP contribution >= 0.6 is 0 Å². The molecule has 1 aromatic heterocycles. The molecule has 1 amide bonds. The van der Waals surface area contributed by atoms with Gasteiger partial charge in [-0.2, -0.15) is 0 Å². The quantitative estimate of drug-likeness (QED) is 0.421. The Balaban J connectivity index is 1.66. The molecule has 0 aliphatic heterocycles. The molecule has 0 aliphatic carbocycles. The minimum Gasteiger partial charge on any atom is -0.369 e. The van der Waals surface area contributed by atoms with E-state index in [-0.39, 0.29) is 5.91 Å². The molecule has 1 heterocycles. The number of aryl methyl sites for hydroxylation is 2. The molecule has 4 aromatic rings. The van der Waals surface area contributed by atoms with Crippen LogP contribution in [0.25, 0.3) is 0 Å². The lowest BCUT2D eigenvalue weighted by Crippen LogP contribution is -2.43. The lowest BCUT2D eigenvalue weighted by molar-refractivity contribution is -0.694. The van der Waals surface area contributed by atoms with E-state index in [0.29, 0.717) is 13.0 Å². The van der Waals surface area contributed by atoms with Crippen LogP contribution in [-0.2, 0) is 23.3 Å². The summed E-state index contributed by atoms with van der Waals surface area (Å²) in [6, 6.07) is 28.2. The number of nitrogens with two attached hydrogens (primary N) is 1. The molecule has 0 bridgehead atoms. The molecule has 2 N–H and O–H groups in total. The number of nitrogens with zero attached hydrogens (tertiary/aromatic N) is 2. The Bertz CT molecular complexity index is 1160. The topological polar surface area (TPSA) is 51.9 Å². The fraction of sp³-hybridized carbons (Fsp3) is 0.214. The van der Waals surface area contributed by atoms with Gasteiger partial charge in [-0.15, -0.1) is 0 Å². The summed E-state index contributed by atoms with van der Waals surface area (Å²) < 4.78 is 4.46. The van der Waals surface area contributed by atoms with Gasteiger partial charge in [-0.1, -0.05) is 84.9 Å². The summed E-state index contributed by atoms with van der Waals surface area (Å²) in [7, 11) is 0. The number of rotatable bonds is 8. The maximum absolute atomic E-state index is 13.0. The lowest BCUT2D eigenvalue weighted by Gasteiger charge is -2.31. The van der Waals surface area contributed by atoms with Gasteiger partial charge in [0.05, 0.1) is 6.54 Å². The van der Waals surface area contributed by atoms with Crippen molar-refractivity contribution in [2.75, 3.05) is 0 Å². The van der Waals surface area contributed by atoms with Crippen molar-refractivity contribution in [3.63, 3.8) is 0 Å². The first-order chi connectivity index (χ1) is 15.5. The number of aromatic nitrogens is 2. The van der Waals surface area contributed by atoms with E-state index in [0.717, 1.165) is 23.5 Å². The highest BCUT2D eigenvalue weighted by Gasteiger charge is 2.40. The van der Waals surface area contributed by atoms with Crippen LogP contribution in [-0.4, -0.2) is 10.5 Å². The van der Waals surface area contributed by atoms with Gasteiger partial charge in [0.15, 0.2) is 0 Å². The molecule has 0 saturated carbocycles. The molecule has 4 heteroatoms. The van der Waals surface area contributed by atoms with Gasteiger partial charge >= 0.3 is 0 Å². The molecule has 0 fully saturated rings. The van der Waals surface area contributed by atoms with Gasteiger partial charge in [-0.05, 0) is 29.2 Å². The summed E-state index contributed by atoms with van der Waals surface area (Å²) in [4.78, 5) is 13.0. The van der Waals surface area contributed by atoms with E-state index in [1.54, 1.807) is 0 Å². The van der Waals surface area contributed by atoms with Crippen LogP contribution in [0.4, 0.5) is 0 Å². The predicted molar refractivity (Wildman–Crippen MR) is 127 cm³/mol. The van der Waals surface area contributed by atoms with Gasteiger partial charge in [0, 0.05) is 13.3 Å². The zero-order valence-electron chi connectivity index (χ0n) is 18.7. The van der Waals surface area contributed by atoms with Gasteiger partial charge in [0.2, 0.25) is 5.91 Å². The first-order valence-electron chi connectivity index (χ1n) is 11.0. The largest absolute Gasteiger partial charge is 0.369 e. The standard InChI is InChI=1S/C28H29N3O/c1-22-11-9-10-12-24(22)21-31-20-19-30(23(31)2)18-17-28(27(29)32,25-13-5-3-6-14-25)26-15-7-4-8-16-26/h3-16,19-20H,17-18,21H2,1-2H3,(H-,29,32)/p+1. The molecule has 32 heavy (non-hydrogen) atoms. The van der Waals surface area contributed by atoms with Crippen molar-refractivity contribution in [2.24, 2.45) is 5.73 Å². The Labute approximate surface area is 190 Å². The molecule has 3 aromatic carbocycles. The smallest absolute Gasteiger partial charge is 0.253 e. The summed E-state index contributed by atoms with van der Waals surface area (Å²) in [5.41, 5.74) is 9.66. The predicted octanol–water partition coefficient (Wildman–Crippen LogP) is 4.30. The van der Waals surface area contributed by atoms with Crippen molar-refractivity contribution >= 4 is 5.91 Å². The Hall–Kier alpha value is -3.66. The van der Waals surface area contributed by atoms with Gasteiger partial charge in [0.25, 0.3) is 5.82 Å². The summed E-state index contributed by atoms with van der Waals surface area (Å²) in [5, 5.41) is 0. The summed E-state index contributed by atoms with van der Waals surface area (Å²) in [5.74, 6) is 0.820. The van der Waals surface area contributed by atoms with Gasteiger partial charge in [-0.3, -0.25) is 4.79 Å². The molecule has 0 radical (unpaired) electrons. The first-order valence-corrected chi connectivity index (χ1v) is 11.0. The number of benzene rings is 3. The SMILES string of the molecule is Cc1ccccc1C[n+]1ccn(CCC(C(N)=O)(c2ccccc2)c2ccccc2)c1C. The Morgan fingerprint density at radius 3 is 2.00 bits per heavy atom. The van der Waals surface area contributed by atoms with Crippen molar-refractivity contribution in [3.05, 3.63) is 125 Å². The third kappa shape index (κ3) is 4.09. The van der Waals surface area contributed by atoms with E-state index in [2.05, 4.69) is 59.6 Å². The molecule has 0 spiro atoms. The van der Waals surface area contributed by atoms with Gasteiger partial charge in [-0.25, -0.2) is 9.13 Å². The lowest BCUT2D eigenvalue weighted by atomic mass is 9.71. The van der Waals surface area contributed by atoms with Crippen molar-refractivity contribution in [1.29, 1.82) is 0 Å². The first kappa shape index (κ1) is 21.6. The third-order valence-electron chi connectivity index (χ3n) is 6.54. The number of imidazole rings is 1. The van der Waals surface area contributed by atoms with E-state index < -0.39 is 5.41 Å². The highest BCUT2D eigenvalue weighted by Crippen LogP contribution is 2.36. The van der Waals surface area contributed by atoms with E-state index in [4.69, 9.17) is 5.73 Å². The van der Waals surface area contributed by atoms with Crippen LogP contribution < -0.4 is 10.3 Å². The Morgan fingerprint density at radius 1 is 0.875 bits per heavy atom. The molecule has 0 unspecified atom stereocenters. The van der Waals surface area contributed by atoms with Crippen LogP contribution in [0.15, 0.2) is 97.3 Å². The summed E-state index contributed by atoms with van der Waals surface area (Å²) in [6.45, 7) is 5.77. The minimum atomic E-state index is -0.889. The molecule has 4 nitrogen and oxygen atoms in total. The Kier molecular flexibility index (Phi) is 6.22. The average molecular weight is 425 g/mol. The zero-order valence-corrected chi connectivity index (χ0v) is 18.7. The van der Waals surface area contributed by atoms with E-state index in [9.17, 15) is 4.79 Å². The Morgan fingerprint density at radius 2 is 1.44 bits per heavy atom. The van der Waals surface area contributed by atoms with E-state index >= 15 is 0 Å². The number of amides is 1. The fourth-order valence-corrected chi connectivity index (χ4v) is 4.51.